The van der Waals surface area contributed by atoms with Gasteiger partial charge in [-0.05, 0) is 23.8 Å². The third-order valence-electron chi connectivity index (χ3n) is 5.07. The number of carbonyl (C=O) groups excluding carboxylic acids is 1. The van der Waals surface area contributed by atoms with E-state index in [1.54, 1.807) is 0 Å². The molecule has 1 saturated heterocycles. The minimum Gasteiger partial charge on any atom is -0.301 e. The Labute approximate surface area is 193 Å². The normalized spacial score (nSPS) is 15.3. The van der Waals surface area contributed by atoms with E-state index in [0.29, 0.717) is 11.7 Å². The Morgan fingerprint density at radius 3 is 2.50 bits per heavy atom. The number of benzene rings is 2. The first-order valence-electron chi connectivity index (χ1n) is 9.76. The van der Waals surface area contributed by atoms with E-state index in [1.807, 2.05) is 47.8 Å². The largest absolute Gasteiger partial charge is 0.301 e. The van der Waals surface area contributed by atoms with E-state index in [4.69, 9.17) is 11.6 Å². The van der Waals surface area contributed by atoms with Crippen molar-refractivity contribution in [1.29, 1.82) is 0 Å². The molecular formula is C22H22BrClN4OS. The number of piperazine rings is 1. The van der Waals surface area contributed by atoms with Crippen LogP contribution in [-0.2, 0) is 11.3 Å². The van der Waals surface area contributed by atoms with Crippen LogP contribution in [0.2, 0.25) is 5.02 Å². The average Bonchev–Trinajstić information content (AvgIpc) is 3.20. The summed E-state index contributed by atoms with van der Waals surface area (Å²) in [4.78, 5) is 21.6. The monoisotopic (exact) mass is 504 g/mol. The highest BCUT2D eigenvalue weighted by atomic mass is 79.9. The first-order valence-corrected chi connectivity index (χ1v) is 11.8. The maximum absolute atomic E-state index is 12.5. The number of amides is 1. The molecule has 0 aliphatic carbocycles. The van der Waals surface area contributed by atoms with Crippen molar-refractivity contribution in [1.82, 2.24) is 14.8 Å². The Morgan fingerprint density at radius 2 is 1.77 bits per heavy atom. The second kappa shape index (κ2) is 10.0. The quantitative estimate of drug-likeness (QED) is 0.513. The van der Waals surface area contributed by atoms with Crippen molar-refractivity contribution in [2.75, 3.05) is 38.0 Å². The van der Waals surface area contributed by atoms with Crippen LogP contribution in [0.3, 0.4) is 0 Å². The summed E-state index contributed by atoms with van der Waals surface area (Å²) in [6.07, 6.45) is 0. The zero-order valence-electron chi connectivity index (χ0n) is 16.4. The molecule has 0 unspecified atom stereocenters. The molecule has 156 valence electrons. The fourth-order valence-electron chi connectivity index (χ4n) is 3.42. The Kier molecular flexibility index (Phi) is 7.17. The Morgan fingerprint density at radius 1 is 1.07 bits per heavy atom. The molecule has 30 heavy (non-hydrogen) atoms. The summed E-state index contributed by atoms with van der Waals surface area (Å²) < 4.78 is 1.03. The lowest BCUT2D eigenvalue weighted by Gasteiger charge is -2.34. The third kappa shape index (κ3) is 5.68. The van der Waals surface area contributed by atoms with Crippen molar-refractivity contribution in [2.24, 2.45) is 0 Å². The van der Waals surface area contributed by atoms with E-state index in [9.17, 15) is 4.79 Å². The van der Waals surface area contributed by atoms with Crippen LogP contribution in [0.25, 0.3) is 11.3 Å². The predicted octanol–water partition coefficient (Wildman–Crippen LogP) is 4.98. The standard InChI is InChI=1S/C22H22BrClN4OS/c23-18-7-5-16(6-8-18)20-15-30-22(25-20)26-21(29)14-28-11-9-27(10-12-28)13-17-3-1-2-4-19(17)24/h1-8,15H,9-14H2,(H,25,26,29). The molecule has 0 bridgehead atoms. The van der Waals surface area contributed by atoms with Crippen LogP contribution in [0.15, 0.2) is 58.4 Å². The molecular weight excluding hydrogens is 484 g/mol. The Balaban J connectivity index is 1.24. The molecule has 1 amide bonds. The first kappa shape index (κ1) is 21.5. The molecule has 1 fully saturated rings. The second-order valence-corrected chi connectivity index (χ2v) is 9.42. The number of hydrogen-bond acceptors (Lipinski definition) is 5. The summed E-state index contributed by atoms with van der Waals surface area (Å²) in [7, 11) is 0. The van der Waals surface area contributed by atoms with E-state index < -0.39 is 0 Å². The Bertz CT molecular complexity index is 1000. The van der Waals surface area contributed by atoms with Crippen LogP contribution >= 0.6 is 38.9 Å². The van der Waals surface area contributed by atoms with Crippen LogP contribution in [0.4, 0.5) is 5.13 Å². The molecule has 1 aliphatic rings. The second-order valence-electron chi connectivity index (χ2n) is 7.24. The van der Waals surface area contributed by atoms with Crippen LogP contribution in [-0.4, -0.2) is 53.4 Å². The molecule has 0 atom stereocenters. The van der Waals surface area contributed by atoms with Crippen LogP contribution in [0, 0.1) is 0 Å². The van der Waals surface area contributed by atoms with Crippen molar-refractivity contribution < 1.29 is 4.79 Å². The van der Waals surface area contributed by atoms with Gasteiger partial charge in [0.1, 0.15) is 0 Å². The number of aromatic nitrogens is 1. The first-order chi connectivity index (χ1) is 14.6. The SMILES string of the molecule is O=C(CN1CCN(Cc2ccccc2Cl)CC1)Nc1nc(-c2ccc(Br)cc2)cs1. The zero-order chi connectivity index (χ0) is 20.9. The van der Waals surface area contributed by atoms with Gasteiger partial charge in [-0.15, -0.1) is 11.3 Å². The molecule has 1 aromatic heterocycles. The van der Waals surface area contributed by atoms with Gasteiger partial charge >= 0.3 is 0 Å². The highest BCUT2D eigenvalue weighted by molar-refractivity contribution is 9.10. The van der Waals surface area contributed by atoms with E-state index in [1.165, 1.54) is 11.3 Å². The number of thiazole rings is 1. The number of halogens is 2. The molecule has 2 aromatic carbocycles. The summed E-state index contributed by atoms with van der Waals surface area (Å²) in [5, 5.41) is 6.35. The topological polar surface area (TPSA) is 48.5 Å². The van der Waals surface area contributed by atoms with Gasteiger partial charge in [0.25, 0.3) is 0 Å². The summed E-state index contributed by atoms with van der Waals surface area (Å²) in [5.74, 6) is -0.0220. The summed E-state index contributed by atoms with van der Waals surface area (Å²) in [6, 6.07) is 15.9. The van der Waals surface area contributed by atoms with Gasteiger partial charge in [0, 0.05) is 53.2 Å². The van der Waals surface area contributed by atoms with E-state index >= 15 is 0 Å². The molecule has 4 rings (SSSR count). The maximum Gasteiger partial charge on any atom is 0.240 e. The minimum absolute atomic E-state index is 0.0220. The van der Waals surface area contributed by atoms with Gasteiger partial charge in [0.2, 0.25) is 5.91 Å². The van der Waals surface area contributed by atoms with Crippen molar-refractivity contribution >= 4 is 49.9 Å². The minimum atomic E-state index is -0.0220. The molecule has 1 N–H and O–H groups in total. The summed E-state index contributed by atoms with van der Waals surface area (Å²) >= 11 is 11.2. The molecule has 8 heteroatoms. The van der Waals surface area contributed by atoms with Gasteiger partial charge in [-0.1, -0.05) is 57.9 Å². The molecule has 5 nitrogen and oxygen atoms in total. The average molecular weight is 506 g/mol. The number of nitrogens with zero attached hydrogens (tertiary/aromatic N) is 3. The maximum atomic E-state index is 12.5. The van der Waals surface area contributed by atoms with Gasteiger partial charge in [-0.3, -0.25) is 14.6 Å². The number of rotatable bonds is 6. The summed E-state index contributed by atoms with van der Waals surface area (Å²) in [6.45, 7) is 4.79. The van der Waals surface area contributed by atoms with Crippen molar-refractivity contribution in [3.8, 4) is 11.3 Å². The van der Waals surface area contributed by atoms with Gasteiger partial charge < -0.3 is 5.32 Å². The fraction of sp³-hybridized carbons (Fsp3) is 0.273. The van der Waals surface area contributed by atoms with Gasteiger partial charge in [-0.2, -0.15) is 0 Å². The lowest BCUT2D eigenvalue weighted by Crippen LogP contribution is -2.48. The van der Waals surface area contributed by atoms with Crippen molar-refractivity contribution in [3.63, 3.8) is 0 Å². The highest BCUT2D eigenvalue weighted by Crippen LogP contribution is 2.26. The molecule has 3 aromatic rings. The van der Waals surface area contributed by atoms with Crippen molar-refractivity contribution in [2.45, 2.75) is 6.54 Å². The van der Waals surface area contributed by atoms with E-state index in [-0.39, 0.29) is 5.91 Å². The predicted molar refractivity (Wildman–Crippen MR) is 127 cm³/mol. The van der Waals surface area contributed by atoms with Crippen LogP contribution in [0.1, 0.15) is 5.56 Å². The fourth-order valence-corrected chi connectivity index (χ4v) is 4.62. The highest BCUT2D eigenvalue weighted by Gasteiger charge is 2.20. The number of carbonyl (C=O) groups is 1. The third-order valence-corrected chi connectivity index (χ3v) is 6.73. The van der Waals surface area contributed by atoms with E-state index in [0.717, 1.165) is 59.0 Å². The molecule has 1 aliphatic heterocycles. The van der Waals surface area contributed by atoms with E-state index in [2.05, 4.69) is 42.1 Å². The van der Waals surface area contributed by atoms with Crippen LogP contribution < -0.4 is 5.32 Å². The van der Waals surface area contributed by atoms with Crippen molar-refractivity contribution in [3.05, 3.63) is 69.0 Å². The lowest BCUT2D eigenvalue weighted by molar-refractivity contribution is -0.117. The van der Waals surface area contributed by atoms with Gasteiger partial charge in [0.15, 0.2) is 5.13 Å². The molecule has 0 spiro atoms. The number of anilines is 1. The summed E-state index contributed by atoms with van der Waals surface area (Å²) in [5.41, 5.74) is 3.05. The van der Waals surface area contributed by atoms with Gasteiger partial charge in [-0.25, -0.2) is 4.98 Å². The molecule has 0 radical (unpaired) electrons. The lowest BCUT2D eigenvalue weighted by atomic mass is 10.2. The smallest absolute Gasteiger partial charge is 0.240 e. The molecule has 0 saturated carbocycles. The molecule has 2 heterocycles. The number of hydrogen-bond donors (Lipinski definition) is 1. The van der Waals surface area contributed by atoms with Crippen LogP contribution in [0.5, 0.6) is 0 Å². The zero-order valence-corrected chi connectivity index (χ0v) is 19.5. The Hall–Kier alpha value is -1.77. The van der Waals surface area contributed by atoms with Gasteiger partial charge in [0.05, 0.1) is 12.2 Å². The number of nitrogens with one attached hydrogen (secondary N) is 1.